The molecule has 2 rings (SSSR count). The largest absolute Gasteiger partial charge is 0.497 e. The predicted octanol–water partition coefficient (Wildman–Crippen LogP) is 2.33. The molecule has 0 aromatic heterocycles. The molecule has 5 atom stereocenters. The van der Waals surface area contributed by atoms with E-state index in [1.165, 1.54) is 32.5 Å². The van der Waals surface area contributed by atoms with E-state index in [0.29, 0.717) is 5.75 Å². The first-order valence-corrected chi connectivity index (χ1v) is 9.57. The van der Waals surface area contributed by atoms with Crippen molar-refractivity contribution in [2.75, 3.05) is 7.11 Å². The number of methoxy groups -OCH3 is 1. The lowest BCUT2D eigenvalue weighted by Gasteiger charge is -2.43. The Balaban J connectivity index is 2.32. The van der Waals surface area contributed by atoms with Crippen molar-refractivity contribution in [3.05, 3.63) is 24.3 Å². The molecule has 0 amide bonds. The van der Waals surface area contributed by atoms with Crippen LogP contribution in [0.2, 0.25) is 0 Å². The van der Waals surface area contributed by atoms with E-state index in [4.69, 9.17) is 23.7 Å². The van der Waals surface area contributed by atoms with Gasteiger partial charge in [0, 0.05) is 25.7 Å². The van der Waals surface area contributed by atoms with Gasteiger partial charge < -0.3 is 23.7 Å². The molecular weight excluding hydrogens is 388 g/mol. The Kier molecular flexibility index (Phi) is 7.70. The molecule has 9 heteroatoms. The van der Waals surface area contributed by atoms with Gasteiger partial charge in [-0.05, 0) is 31.2 Å². The predicted molar refractivity (Wildman–Crippen MR) is 99.8 cm³/mol. The van der Waals surface area contributed by atoms with Crippen LogP contribution < -0.4 is 4.74 Å². The van der Waals surface area contributed by atoms with Gasteiger partial charge in [0.1, 0.15) is 11.2 Å². The van der Waals surface area contributed by atoms with E-state index < -0.39 is 47.8 Å². The average Bonchev–Trinajstić information content (AvgIpc) is 2.61. The van der Waals surface area contributed by atoms with Crippen molar-refractivity contribution in [3.63, 3.8) is 0 Å². The summed E-state index contributed by atoms with van der Waals surface area (Å²) in [5, 5.41) is 0. The minimum absolute atomic E-state index is 0.555. The minimum atomic E-state index is -0.996. The Hall–Kier alpha value is -2.26. The van der Waals surface area contributed by atoms with Gasteiger partial charge in [-0.1, -0.05) is 11.8 Å². The van der Waals surface area contributed by atoms with Crippen molar-refractivity contribution in [1.29, 1.82) is 0 Å². The summed E-state index contributed by atoms with van der Waals surface area (Å²) in [6.45, 7) is 5.44. The van der Waals surface area contributed by atoms with Crippen LogP contribution in [-0.2, 0) is 33.3 Å². The molecule has 0 N–H and O–H groups in total. The van der Waals surface area contributed by atoms with Crippen LogP contribution in [0.4, 0.5) is 0 Å². The Bertz CT molecular complexity index is 704. The molecule has 0 spiro atoms. The average molecular weight is 412 g/mol. The summed E-state index contributed by atoms with van der Waals surface area (Å²) < 4.78 is 27.2. The lowest BCUT2D eigenvalue weighted by atomic mass is 10.00. The standard InChI is InChI=1S/C19H24O8S/c1-10-16(25-11(2)20)17(26-12(3)21)18(27-13(4)22)19(24-10)28-15-8-6-14(23-5)7-9-15/h6-10,16-19H,1-5H3/t10-,16+,17+,18-,19+/m0/s1. The number of ether oxygens (including phenoxy) is 5. The third-order valence-electron chi connectivity index (χ3n) is 3.95. The first kappa shape index (κ1) is 22.0. The molecule has 1 aliphatic rings. The highest BCUT2D eigenvalue weighted by atomic mass is 32.2. The van der Waals surface area contributed by atoms with Crippen LogP contribution in [0.15, 0.2) is 29.2 Å². The second kappa shape index (κ2) is 9.79. The first-order chi connectivity index (χ1) is 13.2. The third-order valence-corrected chi connectivity index (χ3v) is 5.10. The van der Waals surface area contributed by atoms with E-state index in [-0.39, 0.29) is 0 Å². The lowest BCUT2D eigenvalue weighted by Crippen LogP contribution is -2.59. The molecule has 1 saturated heterocycles. The zero-order valence-electron chi connectivity index (χ0n) is 16.4. The van der Waals surface area contributed by atoms with Gasteiger partial charge in [-0.2, -0.15) is 0 Å². The third kappa shape index (κ3) is 5.87. The summed E-state index contributed by atoms with van der Waals surface area (Å²) in [5.41, 5.74) is -0.677. The van der Waals surface area contributed by atoms with Crippen molar-refractivity contribution in [2.45, 2.75) is 62.4 Å². The van der Waals surface area contributed by atoms with E-state index in [0.717, 1.165) is 4.90 Å². The molecule has 1 aromatic carbocycles. The Morgan fingerprint density at radius 1 is 0.857 bits per heavy atom. The Morgan fingerprint density at radius 2 is 1.36 bits per heavy atom. The van der Waals surface area contributed by atoms with Gasteiger partial charge in [-0.15, -0.1) is 0 Å². The second-order valence-corrected chi connectivity index (χ2v) is 7.40. The van der Waals surface area contributed by atoms with Crippen LogP contribution in [-0.4, -0.2) is 54.9 Å². The molecule has 0 radical (unpaired) electrons. The first-order valence-electron chi connectivity index (χ1n) is 8.69. The molecule has 0 saturated carbocycles. The number of rotatable bonds is 6. The summed E-state index contributed by atoms with van der Waals surface area (Å²) >= 11 is 1.30. The summed E-state index contributed by atoms with van der Waals surface area (Å²) in [4.78, 5) is 35.7. The van der Waals surface area contributed by atoms with Crippen molar-refractivity contribution in [2.24, 2.45) is 0 Å². The van der Waals surface area contributed by atoms with Gasteiger partial charge >= 0.3 is 17.9 Å². The van der Waals surface area contributed by atoms with Gasteiger partial charge in [0.15, 0.2) is 18.3 Å². The second-order valence-electron chi connectivity index (χ2n) is 6.23. The van der Waals surface area contributed by atoms with Crippen LogP contribution in [0.3, 0.4) is 0 Å². The van der Waals surface area contributed by atoms with Crippen molar-refractivity contribution < 1.29 is 38.1 Å². The maximum atomic E-state index is 11.7. The monoisotopic (exact) mass is 412 g/mol. The molecule has 0 aliphatic carbocycles. The molecule has 0 bridgehead atoms. The summed E-state index contributed by atoms with van der Waals surface area (Å²) in [6, 6.07) is 7.25. The summed E-state index contributed by atoms with van der Waals surface area (Å²) in [5.74, 6) is -1.00. The van der Waals surface area contributed by atoms with Crippen LogP contribution >= 0.6 is 11.8 Å². The van der Waals surface area contributed by atoms with Crippen LogP contribution in [0.5, 0.6) is 5.75 Å². The molecule has 1 aromatic rings. The fraction of sp³-hybridized carbons (Fsp3) is 0.526. The van der Waals surface area contributed by atoms with Gasteiger partial charge in [0.05, 0.1) is 13.2 Å². The maximum Gasteiger partial charge on any atom is 0.303 e. The number of carbonyl (C=O) groups excluding carboxylic acids is 3. The number of carbonyl (C=O) groups is 3. The maximum absolute atomic E-state index is 11.7. The van der Waals surface area contributed by atoms with Crippen LogP contribution in [0, 0.1) is 0 Å². The van der Waals surface area contributed by atoms with Crippen LogP contribution in [0.1, 0.15) is 27.7 Å². The fourth-order valence-corrected chi connectivity index (χ4v) is 3.99. The Labute approximate surface area is 167 Å². The zero-order valence-corrected chi connectivity index (χ0v) is 17.2. The molecule has 8 nitrogen and oxygen atoms in total. The zero-order chi connectivity index (χ0) is 20.8. The molecule has 1 heterocycles. The topological polar surface area (TPSA) is 97.4 Å². The highest BCUT2D eigenvalue weighted by Gasteiger charge is 2.50. The number of hydrogen-bond donors (Lipinski definition) is 0. The van der Waals surface area contributed by atoms with Gasteiger partial charge in [0.25, 0.3) is 0 Å². The smallest absolute Gasteiger partial charge is 0.303 e. The van der Waals surface area contributed by atoms with E-state index in [9.17, 15) is 14.4 Å². The van der Waals surface area contributed by atoms with E-state index >= 15 is 0 Å². The van der Waals surface area contributed by atoms with Crippen molar-refractivity contribution in [1.82, 2.24) is 0 Å². The minimum Gasteiger partial charge on any atom is -0.497 e. The number of esters is 3. The highest BCUT2D eigenvalue weighted by molar-refractivity contribution is 7.99. The van der Waals surface area contributed by atoms with E-state index in [1.807, 2.05) is 12.1 Å². The molecular formula is C19H24O8S. The molecule has 1 aliphatic heterocycles. The molecule has 1 fully saturated rings. The van der Waals surface area contributed by atoms with Crippen molar-refractivity contribution in [3.8, 4) is 5.75 Å². The molecule has 28 heavy (non-hydrogen) atoms. The molecule has 0 unspecified atom stereocenters. The van der Waals surface area contributed by atoms with Crippen molar-refractivity contribution >= 4 is 29.7 Å². The van der Waals surface area contributed by atoms with E-state index in [2.05, 4.69) is 0 Å². The number of hydrogen-bond acceptors (Lipinski definition) is 9. The van der Waals surface area contributed by atoms with E-state index in [1.54, 1.807) is 26.2 Å². The number of benzene rings is 1. The number of thioether (sulfide) groups is 1. The summed E-state index contributed by atoms with van der Waals surface area (Å²) in [7, 11) is 1.57. The SMILES string of the molecule is COc1ccc(S[C@H]2O[C@@H](C)[C@@H](OC(C)=O)[C@@H](OC(C)=O)[C@@H]2OC(C)=O)cc1. The normalized spacial score (nSPS) is 26.8. The quantitative estimate of drug-likeness (QED) is 0.515. The van der Waals surface area contributed by atoms with Gasteiger partial charge in [-0.25, -0.2) is 0 Å². The van der Waals surface area contributed by atoms with Crippen LogP contribution in [0.25, 0.3) is 0 Å². The van der Waals surface area contributed by atoms with Gasteiger partial charge in [0.2, 0.25) is 0 Å². The fourth-order valence-electron chi connectivity index (χ4n) is 2.85. The van der Waals surface area contributed by atoms with Gasteiger partial charge in [-0.3, -0.25) is 14.4 Å². The molecule has 154 valence electrons. The lowest BCUT2D eigenvalue weighted by molar-refractivity contribution is -0.229. The Morgan fingerprint density at radius 3 is 1.86 bits per heavy atom. The summed E-state index contributed by atoms with van der Waals surface area (Å²) in [6.07, 6.45) is -3.45. The highest BCUT2D eigenvalue weighted by Crippen LogP contribution is 2.37.